The van der Waals surface area contributed by atoms with Gasteiger partial charge < -0.3 is 9.47 Å². The summed E-state index contributed by atoms with van der Waals surface area (Å²) in [6.07, 6.45) is 17.2. The number of pyridine rings is 1. The number of carbonyl (C=O) groups excluding carboxylic acids is 1. The van der Waals surface area contributed by atoms with E-state index in [1.807, 2.05) is 44.2 Å². The second-order valence-corrected chi connectivity index (χ2v) is 8.63. The Balaban J connectivity index is 1.84. The summed E-state index contributed by atoms with van der Waals surface area (Å²) in [4.78, 5) is 16.6. The van der Waals surface area contributed by atoms with Gasteiger partial charge in [0.1, 0.15) is 11.5 Å². The van der Waals surface area contributed by atoms with Crippen molar-refractivity contribution in [1.82, 2.24) is 4.98 Å². The van der Waals surface area contributed by atoms with Crippen LogP contribution in [-0.2, 0) is 4.79 Å². The Labute approximate surface area is 194 Å². The first kappa shape index (κ1) is 25.9. The zero-order chi connectivity index (χ0) is 23.0. The first-order valence-corrected chi connectivity index (χ1v) is 12.5. The third-order valence-electron chi connectivity index (χ3n) is 5.94. The zero-order valence-corrected chi connectivity index (χ0v) is 20.3. The van der Waals surface area contributed by atoms with E-state index in [-0.39, 0.29) is 11.9 Å². The van der Waals surface area contributed by atoms with Gasteiger partial charge in [0.15, 0.2) is 0 Å². The van der Waals surface area contributed by atoms with Crippen molar-refractivity contribution in [3.63, 3.8) is 0 Å². The van der Waals surface area contributed by atoms with Crippen LogP contribution < -0.4 is 9.47 Å². The molecule has 1 atom stereocenters. The minimum atomic E-state index is -0.207. The van der Waals surface area contributed by atoms with E-state index in [4.69, 9.17) is 9.47 Å². The first-order valence-electron chi connectivity index (χ1n) is 12.5. The van der Waals surface area contributed by atoms with Gasteiger partial charge in [-0.15, -0.1) is 0 Å². The molecule has 0 aliphatic carbocycles. The number of carbonyl (C=O) groups is 1. The van der Waals surface area contributed by atoms with E-state index in [0.29, 0.717) is 12.4 Å². The number of nitrogens with zero attached hydrogens (tertiary/aromatic N) is 1. The van der Waals surface area contributed by atoms with Crippen LogP contribution in [-0.4, -0.2) is 17.6 Å². The maximum absolute atomic E-state index is 12.3. The highest BCUT2D eigenvalue weighted by Crippen LogP contribution is 2.36. The van der Waals surface area contributed by atoms with Gasteiger partial charge in [-0.05, 0) is 25.0 Å². The zero-order valence-electron chi connectivity index (χ0n) is 20.3. The average Bonchev–Trinajstić information content (AvgIpc) is 2.82. The highest BCUT2D eigenvalue weighted by atomic mass is 16.5. The van der Waals surface area contributed by atoms with Crippen molar-refractivity contribution >= 4 is 5.97 Å². The van der Waals surface area contributed by atoms with Gasteiger partial charge in [0.25, 0.3) is 0 Å². The predicted molar refractivity (Wildman–Crippen MR) is 132 cm³/mol. The SMILES string of the molecule is CCCCCCCCCCCCOc1cnccc1-c1ccccc1OC(=O)C(C)CC. The van der Waals surface area contributed by atoms with E-state index < -0.39 is 0 Å². The molecule has 1 aromatic heterocycles. The lowest BCUT2D eigenvalue weighted by atomic mass is 10.0. The van der Waals surface area contributed by atoms with Crippen molar-refractivity contribution in [2.75, 3.05) is 6.61 Å². The highest BCUT2D eigenvalue weighted by molar-refractivity contribution is 5.81. The molecule has 2 rings (SSSR count). The summed E-state index contributed by atoms with van der Waals surface area (Å²) < 4.78 is 11.8. The maximum Gasteiger partial charge on any atom is 0.314 e. The molecule has 2 aromatic rings. The Morgan fingerprint density at radius 3 is 2.16 bits per heavy atom. The van der Waals surface area contributed by atoms with E-state index >= 15 is 0 Å². The minimum Gasteiger partial charge on any atom is -0.491 e. The van der Waals surface area contributed by atoms with Crippen LogP contribution in [0.5, 0.6) is 11.5 Å². The molecule has 0 fully saturated rings. The van der Waals surface area contributed by atoms with Gasteiger partial charge in [-0.25, -0.2) is 0 Å². The Kier molecular flexibility index (Phi) is 12.5. The summed E-state index contributed by atoms with van der Waals surface area (Å²) in [6, 6.07) is 9.55. The fraction of sp³-hybridized carbons (Fsp3) is 0.571. The maximum atomic E-state index is 12.3. The van der Waals surface area contributed by atoms with Crippen LogP contribution in [0.15, 0.2) is 42.7 Å². The van der Waals surface area contributed by atoms with E-state index in [9.17, 15) is 4.79 Å². The van der Waals surface area contributed by atoms with E-state index in [0.717, 1.165) is 29.7 Å². The van der Waals surface area contributed by atoms with Gasteiger partial charge in [0.05, 0.1) is 18.7 Å². The van der Waals surface area contributed by atoms with Crippen molar-refractivity contribution in [2.45, 2.75) is 91.4 Å². The fourth-order valence-corrected chi connectivity index (χ4v) is 3.64. The molecular weight excluding hydrogens is 398 g/mol. The first-order chi connectivity index (χ1) is 15.7. The number of para-hydroxylation sites is 1. The molecule has 0 aliphatic heterocycles. The number of benzene rings is 1. The second kappa shape index (κ2) is 15.4. The number of ether oxygens (including phenoxy) is 2. The number of hydrogen-bond donors (Lipinski definition) is 0. The normalized spacial score (nSPS) is 11.8. The summed E-state index contributed by atoms with van der Waals surface area (Å²) in [5.41, 5.74) is 1.75. The average molecular weight is 440 g/mol. The van der Waals surface area contributed by atoms with Crippen molar-refractivity contribution < 1.29 is 14.3 Å². The molecule has 0 spiro atoms. The standard InChI is InChI=1S/C28H41NO3/c1-4-6-7-8-9-10-11-12-13-16-21-31-27-22-29-20-19-25(27)24-17-14-15-18-26(24)32-28(30)23(3)5-2/h14-15,17-20,22-23H,4-13,16,21H2,1-3H3. The predicted octanol–water partition coefficient (Wildman–Crippen LogP) is 8.00. The molecule has 0 N–H and O–H groups in total. The number of rotatable bonds is 16. The van der Waals surface area contributed by atoms with Crippen molar-refractivity contribution in [3.8, 4) is 22.6 Å². The van der Waals surface area contributed by atoms with E-state index in [1.165, 1.54) is 57.8 Å². The second-order valence-electron chi connectivity index (χ2n) is 8.63. The summed E-state index contributed by atoms with van der Waals surface area (Å²) in [6.45, 7) is 6.81. The topological polar surface area (TPSA) is 48.4 Å². The number of unbranched alkanes of at least 4 members (excludes halogenated alkanes) is 9. The molecule has 1 unspecified atom stereocenters. The number of hydrogen-bond acceptors (Lipinski definition) is 4. The molecule has 0 radical (unpaired) electrons. The lowest BCUT2D eigenvalue weighted by molar-refractivity contribution is -0.138. The van der Waals surface area contributed by atoms with Crippen molar-refractivity contribution in [2.24, 2.45) is 5.92 Å². The molecule has 0 bridgehead atoms. The molecule has 0 aliphatic rings. The van der Waals surface area contributed by atoms with Crippen LogP contribution in [0.2, 0.25) is 0 Å². The quantitative estimate of drug-likeness (QED) is 0.151. The number of esters is 1. The molecule has 32 heavy (non-hydrogen) atoms. The van der Waals surface area contributed by atoms with Crippen molar-refractivity contribution in [1.29, 1.82) is 0 Å². The monoisotopic (exact) mass is 439 g/mol. The van der Waals surface area contributed by atoms with Gasteiger partial charge in [-0.1, -0.05) is 96.8 Å². The molecule has 1 aromatic carbocycles. The largest absolute Gasteiger partial charge is 0.491 e. The summed E-state index contributed by atoms with van der Waals surface area (Å²) in [5, 5.41) is 0. The summed E-state index contributed by atoms with van der Waals surface area (Å²) in [5.74, 6) is 0.956. The summed E-state index contributed by atoms with van der Waals surface area (Å²) in [7, 11) is 0. The third kappa shape index (κ3) is 9.02. The van der Waals surface area contributed by atoms with E-state index in [2.05, 4.69) is 11.9 Å². The smallest absolute Gasteiger partial charge is 0.314 e. The van der Waals surface area contributed by atoms with Gasteiger partial charge in [-0.2, -0.15) is 0 Å². The number of aromatic nitrogens is 1. The van der Waals surface area contributed by atoms with Gasteiger partial charge in [0.2, 0.25) is 0 Å². The van der Waals surface area contributed by atoms with Gasteiger partial charge in [0, 0.05) is 17.3 Å². The lowest BCUT2D eigenvalue weighted by Crippen LogP contribution is -2.17. The highest BCUT2D eigenvalue weighted by Gasteiger charge is 2.17. The third-order valence-corrected chi connectivity index (χ3v) is 5.94. The molecule has 0 saturated carbocycles. The van der Waals surface area contributed by atoms with E-state index in [1.54, 1.807) is 12.4 Å². The minimum absolute atomic E-state index is 0.132. The fourth-order valence-electron chi connectivity index (χ4n) is 3.64. The van der Waals surface area contributed by atoms with Crippen LogP contribution in [0.4, 0.5) is 0 Å². The summed E-state index contributed by atoms with van der Waals surface area (Å²) >= 11 is 0. The van der Waals surface area contributed by atoms with Gasteiger partial charge in [-0.3, -0.25) is 9.78 Å². The van der Waals surface area contributed by atoms with Crippen molar-refractivity contribution in [3.05, 3.63) is 42.7 Å². The van der Waals surface area contributed by atoms with Crippen LogP contribution >= 0.6 is 0 Å². The Morgan fingerprint density at radius 1 is 0.844 bits per heavy atom. The molecule has 1 heterocycles. The van der Waals surface area contributed by atoms with Crippen LogP contribution in [0.3, 0.4) is 0 Å². The Morgan fingerprint density at radius 2 is 1.47 bits per heavy atom. The van der Waals surface area contributed by atoms with Crippen LogP contribution in [0.25, 0.3) is 11.1 Å². The Bertz CT molecular complexity index is 790. The molecule has 4 nitrogen and oxygen atoms in total. The van der Waals surface area contributed by atoms with Gasteiger partial charge >= 0.3 is 5.97 Å². The lowest BCUT2D eigenvalue weighted by Gasteiger charge is -2.15. The molecular formula is C28H41NO3. The molecule has 0 amide bonds. The Hall–Kier alpha value is -2.36. The molecule has 176 valence electrons. The van der Waals surface area contributed by atoms with Crippen LogP contribution in [0.1, 0.15) is 91.4 Å². The van der Waals surface area contributed by atoms with Crippen LogP contribution in [0, 0.1) is 5.92 Å². The molecule has 4 heteroatoms. The molecule has 0 saturated heterocycles.